The van der Waals surface area contributed by atoms with Crippen LogP contribution in [0.2, 0.25) is 0 Å². The van der Waals surface area contributed by atoms with E-state index in [1.165, 1.54) is 13.0 Å². The van der Waals surface area contributed by atoms with Crippen molar-refractivity contribution in [2.24, 2.45) is 28.6 Å². The molecule has 0 bridgehead atoms. The van der Waals surface area contributed by atoms with Crippen LogP contribution in [0.1, 0.15) is 59.3 Å². The molecule has 8 nitrogen and oxygen atoms in total. The summed E-state index contributed by atoms with van der Waals surface area (Å²) in [5.74, 6) is -5.95. The van der Waals surface area contributed by atoms with Gasteiger partial charge in [-0.3, -0.25) is 19.2 Å². The summed E-state index contributed by atoms with van der Waals surface area (Å²) in [7, 11) is 0. The van der Waals surface area contributed by atoms with Crippen LogP contribution in [0.5, 0.6) is 0 Å². The SMILES string of the molecule is CC(=O)OCC(=O)[C@@]1(O)CC[C@H]2[C@H]3[C@H](C(=O)C[C@@]21C)[C@@]1(C)CCC(=O)C=C1CC3(O)O. The average Bonchev–Trinajstić information content (AvgIpc) is 2.92. The van der Waals surface area contributed by atoms with Gasteiger partial charge in [0.15, 0.2) is 18.2 Å². The van der Waals surface area contributed by atoms with Crippen molar-refractivity contribution in [3.63, 3.8) is 0 Å². The lowest BCUT2D eigenvalue weighted by Gasteiger charge is -2.60. The second-order valence-corrected chi connectivity index (χ2v) is 10.4. The van der Waals surface area contributed by atoms with Gasteiger partial charge in [-0.25, -0.2) is 0 Å². The van der Waals surface area contributed by atoms with Crippen LogP contribution in [0.15, 0.2) is 11.6 Å². The van der Waals surface area contributed by atoms with Gasteiger partial charge in [-0.2, -0.15) is 0 Å². The van der Waals surface area contributed by atoms with Gasteiger partial charge in [-0.15, -0.1) is 0 Å². The van der Waals surface area contributed by atoms with E-state index in [1.807, 2.05) is 6.92 Å². The van der Waals surface area contributed by atoms with Gasteiger partial charge < -0.3 is 20.1 Å². The third-order valence-corrected chi connectivity index (χ3v) is 8.76. The number of Topliss-reactive ketones (excluding diaryl/α,β-unsaturated/α-hetero) is 2. The molecule has 0 heterocycles. The first-order valence-electron chi connectivity index (χ1n) is 10.9. The molecule has 3 N–H and O–H groups in total. The molecule has 0 aliphatic heterocycles. The highest BCUT2D eigenvalue weighted by Crippen LogP contribution is 2.68. The van der Waals surface area contributed by atoms with E-state index in [9.17, 15) is 34.5 Å². The number of hydrogen-bond acceptors (Lipinski definition) is 8. The Morgan fingerprint density at radius 3 is 2.45 bits per heavy atom. The summed E-state index contributed by atoms with van der Waals surface area (Å²) in [6, 6.07) is 0. The highest BCUT2D eigenvalue weighted by molar-refractivity contribution is 5.95. The first kappa shape index (κ1) is 22.3. The molecule has 31 heavy (non-hydrogen) atoms. The molecule has 4 aliphatic carbocycles. The van der Waals surface area contributed by atoms with Crippen LogP contribution in [0.25, 0.3) is 0 Å². The molecule has 0 saturated heterocycles. The minimum atomic E-state index is -2.24. The normalized spacial score (nSPS) is 43.4. The van der Waals surface area contributed by atoms with E-state index < -0.39 is 58.3 Å². The maximum atomic E-state index is 13.5. The molecule has 3 fully saturated rings. The Morgan fingerprint density at radius 1 is 1.13 bits per heavy atom. The molecule has 0 unspecified atom stereocenters. The molecule has 6 atom stereocenters. The molecule has 4 rings (SSSR count). The Hall–Kier alpha value is -1.90. The molecule has 3 saturated carbocycles. The van der Waals surface area contributed by atoms with Crippen molar-refractivity contribution < 1.29 is 39.2 Å². The van der Waals surface area contributed by atoms with Crippen LogP contribution in [-0.2, 0) is 23.9 Å². The number of esters is 1. The Bertz CT molecular complexity index is 903. The Kier molecular flexibility index (Phi) is 4.89. The summed E-state index contributed by atoms with van der Waals surface area (Å²) in [6.45, 7) is 4.14. The zero-order valence-corrected chi connectivity index (χ0v) is 18.1. The zero-order valence-electron chi connectivity index (χ0n) is 18.1. The van der Waals surface area contributed by atoms with Gasteiger partial charge in [-0.05, 0) is 36.7 Å². The second kappa shape index (κ2) is 6.80. The lowest BCUT2D eigenvalue weighted by Crippen LogP contribution is -2.66. The highest BCUT2D eigenvalue weighted by atomic mass is 16.5. The number of rotatable bonds is 3. The molecule has 0 aromatic rings. The van der Waals surface area contributed by atoms with E-state index in [0.29, 0.717) is 24.8 Å². The van der Waals surface area contributed by atoms with Crippen molar-refractivity contribution in [1.82, 2.24) is 0 Å². The average molecular weight is 434 g/mol. The number of ether oxygens (including phenoxy) is 1. The maximum Gasteiger partial charge on any atom is 0.303 e. The minimum Gasteiger partial charge on any atom is -0.458 e. The smallest absolute Gasteiger partial charge is 0.303 e. The van der Waals surface area contributed by atoms with Crippen molar-refractivity contribution in [3.05, 3.63) is 11.6 Å². The van der Waals surface area contributed by atoms with Gasteiger partial charge in [0.1, 0.15) is 11.4 Å². The first-order valence-corrected chi connectivity index (χ1v) is 10.9. The molecular weight excluding hydrogens is 404 g/mol. The third kappa shape index (κ3) is 2.98. The summed E-state index contributed by atoms with van der Waals surface area (Å²) in [5.41, 5.74) is -3.18. The van der Waals surface area contributed by atoms with Crippen LogP contribution in [0.4, 0.5) is 0 Å². The van der Waals surface area contributed by atoms with Crippen LogP contribution < -0.4 is 0 Å². The molecule has 0 spiro atoms. The Balaban J connectivity index is 1.75. The number of aliphatic hydroxyl groups is 3. The number of hydrogen-bond donors (Lipinski definition) is 3. The summed E-state index contributed by atoms with van der Waals surface area (Å²) in [4.78, 5) is 49.5. The minimum absolute atomic E-state index is 0.0543. The van der Waals surface area contributed by atoms with Gasteiger partial charge in [0.25, 0.3) is 0 Å². The van der Waals surface area contributed by atoms with Crippen molar-refractivity contribution in [1.29, 1.82) is 0 Å². The lowest BCUT2D eigenvalue weighted by atomic mass is 9.44. The van der Waals surface area contributed by atoms with Crippen molar-refractivity contribution in [2.75, 3.05) is 6.61 Å². The summed E-state index contributed by atoms with van der Waals surface area (Å²) in [5, 5.41) is 33.6. The van der Waals surface area contributed by atoms with Crippen LogP contribution in [-0.4, -0.2) is 56.6 Å². The monoisotopic (exact) mass is 434 g/mol. The molecule has 0 aromatic carbocycles. The molecule has 8 heteroatoms. The van der Waals surface area contributed by atoms with Crippen molar-refractivity contribution in [3.8, 4) is 0 Å². The van der Waals surface area contributed by atoms with Gasteiger partial charge in [0, 0.05) is 43.4 Å². The summed E-state index contributed by atoms with van der Waals surface area (Å²) >= 11 is 0. The van der Waals surface area contributed by atoms with Crippen molar-refractivity contribution in [2.45, 2.75) is 70.7 Å². The molecule has 4 aliphatic rings. The van der Waals surface area contributed by atoms with Gasteiger partial charge in [0.2, 0.25) is 5.78 Å². The maximum absolute atomic E-state index is 13.5. The quantitative estimate of drug-likeness (QED) is 0.439. The third-order valence-electron chi connectivity index (χ3n) is 8.76. The molecule has 170 valence electrons. The number of carbonyl (C=O) groups is 4. The molecule has 0 aromatic heterocycles. The van der Waals surface area contributed by atoms with E-state index in [1.54, 1.807) is 6.92 Å². The van der Waals surface area contributed by atoms with E-state index in [4.69, 9.17) is 4.74 Å². The van der Waals surface area contributed by atoms with Gasteiger partial charge in [-0.1, -0.05) is 19.4 Å². The molecule has 0 radical (unpaired) electrons. The highest BCUT2D eigenvalue weighted by Gasteiger charge is 2.72. The van der Waals surface area contributed by atoms with Crippen molar-refractivity contribution >= 4 is 23.3 Å². The topological polar surface area (TPSA) is 138 Å². The van der Waals surface area contributed by atoms with E-state index in [0.717, 1.165) is 0 Å². The fourth-order valence-corrected chi connectivity index (χ4v) is 7.10. The van der Waals surface area contributed by atoms with Crippen LogP contribution in [0, 0.1) is 28.6 Å². The Morgan fingerprint density at radius 2 is 1.81 bits per heavy atom. The number of carbonyl (C=O) groups excluding carboxylic acids is 4. The molecule has 0 amide bonds. The largest absolute Gasteiger partial charge is 0.458 e. The molecular formula is C23H30O8. The van der Waals surface area contributed by atoms with Gasteiger partial charge >= 0.3 is 5.97 Å². The zero-order chi connectivity index (χ0) is 23.0. The fourth-order valence-electron chi connectivity index (χ4n) is 7.10. The Labute approximate surface area is 180 Å². The summed E-state index contributed by atoms with van der Waals surface area (Å²) in [6.07, 6.45) is 2.37. The summed E-state index contributed by atoms with van der Waals surface area (Å²) < 4.78 is 4.81. The van der Waals surface area contributed by atoms with Crippen LogP contribution in [0.3, 0.4) is 0 Å². The first-order chi connectivity index (χ1) is 14.3. The second-order valence-electron chi connectivity index (χ2n) is 10.4. The predicted octanol–water partition coefficient (Wildman–Crippen LogP) is 0.851. The van der Waals surface area contributed by atoms with Gasteiger partial charge in [0.05, 0.1) is 0 Å². The van der Waals surface area contributed by atoms with E-state index >= 15 is 0 Å². The predicted molar refractivity (Wildman–Crippen MR) is 106 cm³/mol. The standard InChI is InChI=1S/C23H30O8/c1-12(24)31-11-17(27)22(28)7-5-15-18-19(16(26)10-21(15,22)3)20(2)6-4-14(25)8-13(20)9-23(18,29)30/h8,15,18-19,28-30H,4-7,9-11H2,1-3H3/t15-,18-,19-,20-,21-,22-/m0/s1. The lowest BCUT2D eigenvalue weighted by molar-refractivity contribution is -0.267. The van der Waals surface area contributed by atoms with E-state index in [2.05, 4.69) is 0 Å². The van der Waals surface area contributed by atoms with Crippen LogP contribution >= 0.6 is 0 Å². The van der Waals surface area contributed by atoms with E-state index in [-0.39, 0.29) is 30.8 Å². The number of fused-ring (bicyclic) bond motifs is 5. The number of ketones is 3. The fraction of sp³-hybridized carbons (Fsp3) is 0.739.